The van der Waals surface area contributed by atoms with Gasteiger partial charge in [0.05, 0.1) is 12.1 Å². The summed E-state index contributed by atoms with van der Waals surface area (Å²) < 4.78 is 6.11. The lowest BCUT2D eigenvalue weighted by atomic mass is 10.2. The Labute approximate surface area is 147 Å². The highest BCUT2D eigenvalue weighted by Crippen LogP contribution is 2.37. The molecule has 6 heteroatoms. The second-order valence-electron chi connectivity index (χ2n) is 4.88. The Morgan fingerprint density at radius 1 is 1.22 bits per heavy atom. The maximum atomic E-state index is 12.4. The van der Waals surface area contributed by atoms with E-state index in [-0.39, 0.29) is 5.91 Å². The van der Waals surface area contributed by atoms with Crippen molar-refractivity contribution in [3.8, 4) is 5.75 Å². The Kier molecular flexibility index (Phi) is 4.76. The number of amides is 1. The van der Waals surface area contributed by atoms with Crippen molar-refractivity contribution in [1.29, 1.82) is 0 Å². The van der Waals surface area contributed by atoms with Crippen LogP contribution in [-0.2, 0) is 6.54 Å². The van der Waals surface area contributed by atoms with Crippen molar-refractivity contribution in [1.82, 2.24) is 5.32 Å². The summed E-state index contributed by atoms with van der Waals surface area (Å²) >= 11 is 13.8. The van der Waals surface area contributed by atoms with E-state index in [4.69, 9.17) is 27.9 Å². The second kappa shape index (κ2) is 6.79. The molecule has 1 aromatic heterocycles. The molecule has 0 aliphatic heterocycles. The van der Waals surface area contributed by atoms with E-state index < -0.39 is 0 Å². The Morgan fingerprint density at radius 3 is 2.74 bits per heavy atom. The smallest absolute Gasteiger partial charge is 0.263 e. The molecule has 3 nitrogen and oxygen atoms in total. The third-order valence-corrected chi connectivity index (χ3v) is 5.46. The molecule has 0 aliphatic carbocycles. The summed E-state index contributed by atoms with van der Waals surface area (Å²) in [5.74, 6) is 0.522. The van der Waals surface area contributed by atoms with Gasteiger partial charge in [-0.15, -0.1) is 11.3 Å². The van der Waals surface area contributed by atoms with E-state index in [1.807, 2.05) is 36.4 Å². The number of ether oxygens (including phenoxy) is 1. The molecule has 3 aromatic rings. The SMILES string of the molecule is COc1ccc2c(Cl)c(C(=O)NCc3ccccc3Cl)sc2c1. The molecule has 0 atom stereocenters. The molecule has 1 amide bonds. The molecule has 0 aliphatic rings. The van der Waals surface area contributed by atoms with Gasteiger partial charge < -0.3 is 10.1 Å². The predicted molar refractivity (Wildman–Crippen MR) is 96.0 cm³/mol. The summed E-state index contributed by atoms with van der Waals surface area (Å²) in [7, 11) is 1.60. The van der Waals surface area contributed by atoms with Crippen molar-refractivity contribution >= 4 is 50.5 Å². The molecule has 0 spiro atoms. The van der Waals surface area contributed by atoms with Crippen LogP contribution in [0.5, 0.6) is 5.75 Å². The monoisotopic (exact) mass is 365 g/mol. The number of thiophene rings is 1. The van der Waals surface area contributed by atoms with Crippen molar-refractivity contribution in [2.45, 2.75) is 6.54 Å². The number of fused-ring (bicyclic) bond motifs is 1. The molecule has 1 heterocycles. The predicted octanol–water partition coefficient (Wildman–Crippen LogP) is 5.15. The summed E-state index contributed by atoms with van der Waals surface area (Å²) in [6.45, 7) is 0.354. The van der Waals surface area contributed by atoms with E-state index >= 15 is 0 Å². The number of carbonyl (C=O) groups is 1. The van der Waals surface area contributed by atoms with Crippen LogP contribution in [-0.4, -0.2) is 13.0 Å². The highest BCUT2D eigenvalue weighted by atomic mass is 35.5. The molecule has 0 radical (unpaired) electrons. The summed E-state index contributed by atoms with van der Waals surface area (Å²) in [4.78, 5) is 12.9. The van der Waals surface area contributed by atoms with Gasteiger partial charge in [-0.25, -0.2) is 0 Å². The summed E-state index contributed by atoms with van der Waals surface area (Å²) in [6, 6.07) is 13.0. The van der Waals surface area contributed by atoms with Gasteiger partial charge in [0, 0.05) is 21.7 Å². The van der Waals surface area contributed by atoms with Crippen LogP contribution >= 0.6 is 34.5 Å². The molecule has 2 aromatic carbocycles. The molecule has 0 saturated carbocycles. The first-order valence-corrected chi connectivity index (χ1v) is 8.45. The Morgan fingerprint density at radius 2 is 2.00 bits per heavy atom. The van der Waals surface area contributed by atoms with Gasteiger partial charge in [-0.3, -0.25) is 4.79 Å². The van der Waals surface area contributed by atoms with E-state index in [1.165, 1.54) is 11.3 Å². The van der Waals surface area contributed by atoms with E-state index in [0.717, 1.165) is 21.4 Å². The van der Waals surface area contributed by atoms with E-state index in [2.05, 4.69) is 5.32 Å². The molecule has 0 saturated heterocycles. The van der Waals surface area contributed by atoms with Gasteiger partial charge in [0.15, 0.2) is 0 Å². The van der Waals surface area contributed by atoms with Crippen LogP contribution in [0, 0.1) is 0 Å². The van der Waals surface area contributed by atoms with E-state index in [1.54, 1.807) is 13.2 Å². The lowest BCUT2D eigenvalue weighted by Crippen LogP contribution is -2.22. The van der Waals surface area contributed by atoms with Gasteiger partial charge in [0.1, 0.15) is 10.6 Å². The molecule has 1 N–H and O–H groups in total. The van der Waals surface area contributed by atoms with Gasteiger partial charge in [-0.05, 0) is 29.8 Å². The quantitative estimate of drug-likeness (QED) is 0.694. The zero-order chi connectivity index (χ0) is 16.4. The number of halogens is 2. The zero-order valence-corrected chi connectivity index (χ0v) is 14.6. The zero-order valence-electron chi connectivity index (χ0n) is 12.2. The first-order valence-electron chi connectivity index (χ1n) is 6.88. The maximum absolute atomic E-state index is 12.4. The van der Waals surface area contributed by atoms with Crippen molar-refractivity contribution in [2.75, 3.05) is 7.11 Å². The van der Waals surface area contributed by atoms with Crippen LogP contribution in [0.2, 0.25) is 10.0 Å². The van der Waals surface area contributed by atoms with Gasteiger partial charge in [-0.2, -0.15) is 0 Å². The minimum atomic E-state index is -0.213. The van der Waals surface area contributed by atoms with Gasteiger partial charge in [0.2, 0.25) is 0 Å². The molecular weight excluding hydrogens is 353 g/mol. The van der Waals surface area contributed by atoms with E-state index in [0.29, 0.717) is 21.5 Å². The third kappa shape index (κ3) is 3.29. The van der Waals surface area contributed by atoms with Gasteiger partial charge in [0.25, 0.3) is 5.91 Å². The minimum absolute atomic E-state index is 0.213. The van der Waals surface area contributed by atoms with E-state index in [9.17, 15) is 4.79 Å². The average molecular weight is 366 g/mol. The molecule has 0 fully saturated rings. The van der Waals surface area contributed by atoms with Gasteiger partial charge in [-0.1, -0.05) is 41.4 Å². The number of benzene rings is 2. The lowest BCUT2D eigenvalue weighted by molar-refractivity contribution is 0.0955. The normalized spacial score (nSPS) is 10.7. The number of rotatable bonds is 4. The fourth-order valence-electron chi connectivity index (χ4n) is 2.22. The number of carbonyl (C=O) groups excluding carboxylic acids is 1. The first-order chi connectivity index (χ1) is 11.1. The molecule has 0 bridgehead atoms. The van der Waals surface area contributed by atoms with Crippen molar-refractivity contribution in [3.05, 3.63) is 63.0 Å². The van der Waals surface area contributed by atoms with Crippen LogP contribution in [0.3, 0.4) is 0 Å². The van der Waals surface area contributed by atoms with Crippen LogP contribution < -0.4 is 10.1 Å². The fourth-order valence-corrected chi connectivity index (χ4v) is 3.88. The first kappa shape index (κ1) is 16.1. The summed E-state index contributed by atoms with van der Waals surface area (Å²) in [6.07, 6.45) is 0. The lowest BCUT2D eigenvalue weighted by Gasteiger charge is -2.06. The Balaban J connectivity index is 1.83. The largest absolute Gasteiger partial charge is 0.497 e. The minimum Gasteiger partial charge on any atom is -0.497 e. The Hall–Kier alpha value is -1.75. The molecule has 0 unspecified atom stereocenters. The van der Waals surface area contributed by atoms with Crippen molar-refractivity contribution in [2.24, 2.45) is 0 Å². The highest BCUT2D eigenvalue weighted by Gasteiger charge is 2.17. The molecule has 3 rings (SSSR count). The van der Waals surface area contributed by atoms with Crippen LogP contribution in [0.1, 0.15) is 15.2 Å². The van der Waals surface area contributed by atoms with Crippen molar-refractivity contribution < 1.29 is 9.53 Å². The highest BCUT2D eigenvalue weighted by molar-refractivity contribution is 7.21. The topological polar surface area (TPSA) is 38.3 Å². The average Bonchev–Trinajstić information content (AvgIpc) is 2.90. The maximum Gasteiger partial charge on any atom is 0.263 e. The molecule has 23 heavy (non-hydrogen) atoms. The molecule has 118 valence electrons. The summed E-state index contributed by atoms with van der Waals surface area (Å²) in [5.41, 5.74) is 0.862. The number of nitrogens with one attached hydrogen (secondary N) is 1. The number of hydrogen-bond donors (Lipinski definition) is 1. The number of methoxy groups -OCH3 is 1. The van der Waals surface area contributed by atoms with Crippen molar-refractivity contribution in [3.63, 3.8) is 0 Å². The second-order valence-corrected chi connectivity index (χ2v) is 6.72. The Bertz CT molecular complexity index is 876. The molecular formula is C17H13Cl2NO2S. The van der Waals surface area contributed by atoms with Crippen LogP contribution in [0.4, 0.5) is 0 Å². The fraction of sp³-hybridized carbons (Fsp3) is 0.118. The van der Waals surface area contributed by atoms with Crippen LogP contribution in [0.15, 0.2) is 42.5 Å². The summed E-state index contributed by atoms with van der Waals surface area (Å²) in [5, 5.41) is 4.79. The van der Waals surface area contributed by atoms with Crippen LogP contribution in [0.25, 0.3) is 10.1 Å². The third-order valence-electron chi connectivity index (χ3n) is 3.44. The van der Waals surface area contributed by atoms with Gasteiger partial charge >= 0.3 is 0 Å². The number of hydrogen-bond acceptors (Lipinski definition) is 3. The standard InChI is InChI=1S/C17H13Cl2NO2S/c1-22-11-6-7-12-14(8-11)23-16(15(12)19)17(21)20-9-10-4-2-3-5-13(10)18/h2-8H,9H2,1H3,(H,20,21).